The van der Waals surface area contributed by atoms with Crippen molar-refractivity contribution in [1.82, 2.24) is 0 Å². The van der Waals surface area contributed by atoms with Gasteiger partial charge in [0.25, 0.3) is 0 Å². The van der Waals surface area contributed by atoms with Gasteiger partial charge in [0.15, 0.2) is 0 Å². The van der Waals surface area contributed by atoms with E-state index in [-0.39, 0.29) is 23.7 Å². The number of nitrogens with zero attached hydrogens (tertiary/aromatic N) is 1. The Bertz CT molecular complexity index is 834. The van der Waals surface area contributed by atoms with Gasteiger partial charge in [0.2, 0.25) is 11.8 Å². The number of para-hydroxylation sites is 2. The topological polar surface area (TPSA) is 49.4 Å². The first-order chi connectivity index (χ1) is 13.1. The molecule has 0 saturated heterocycles. The lowest BCUT2D eigenvalue weighted by Crippen LogP contribution is -2.34. The molecular weight excluding hydrogens is 348 g/mol. The van der Waals surface area contributed by atoms with E-state index in [0.717, 1.165) is 22.5 Å². The fraction of sp³-hybridized carbons (Fsp3) is 0.417. The summed E-state index contributed by atoms with van der Waals surface area (Å²) in [4.78, 5) is 26.6. The molecule has 0 aromatic heterocycles. The zero-order valence-corrected chi connectivity index (χ0v) is 17.9. The fourth-order valence-electron chi connectivity index (χ4n) is 3.33. The molecule has 0 bridgehead atoms. The van der Waals surface area contributed by atoms with Gasteiger partial charge in [-0.3, -0.25) is 9.59 Å². The van der Waals surface area contributed by atoms with E-state index in [1.165, 1.54) is 0 Å². The number of amides is 2. The van der Waals surface area contributed by atoms with Gasteiger partial charge in [-0.15, -0.1) is 0 Å². The summed E-state index contributed by atoms with van der Waals surface area (Å²) in [7, 11) is 0. The largest absolute Gasteiger partial charge is 0.326 e. The van der Waals surface area contributed by atoms with Gasteiger partial charge in [-0.1, -0.05) is 71.0 Å². The molecule has 0 aliphatic carbocycles. The van der Waals surface area contributed by atoms with Crippen LogP contribution in [0.3, 0.4) is 0 Å². The summed E-state index contributed by atoms with van der Waals surface area (Å²) in [5.41, 5.74) is 3.82. The Morgan fingerprint density at radius 1 is 1.00 bits per heavy atom. The highest BCUT2D eigenvalue weighted by Gasteiger charge is 2.23. The number of carbonyl (C=O) groups excluding carboxylic acids is 2. The molecule has 0 unspecified atom stereocenters. The van der Waals surface area contributed by atoms with Crippen LogP contribution in [0.25, 0.3) is 0 Å². The van der Waals surface area contributed by atoms with Crippen LogP contribution in [0.4, 0.5) is 11.4 Å². The number of nitrogens with one attached hydrogen (secondary N) is 1. The fourth-order valence-corrected chi connectivity index (χ4v) is 3.33. The SMILES string of the molecule is CC(=O)N(CCC(=O)Nc1ccccc1C(C)C)c1ccccc1C(C)(C)C. The molecule has 0 heterocycles. The highest BCUT2D eigenvalue weighted by atomic mass is 16.2. The Labute approximate surface area is 169 Å². The van der Waals surface area contributed by atoms with E-state index in [1.54, 1.807) is 11.8 Å². The maximum absolute atomic E-state index is 12.6. The molecule has 28 heavy (non-hydrogen) atoms. The van der Waals surface area contributed by atoms with E-state index in [4.69, 9.17) is 0 Å². The molecule has 2 aromatic carbocycles. The molecule has 2 amide bonds. The van der Waals surface area contributed by atoms with Gasteiger partial charge < -0.3 is 10.2 Å². The number of hydrogen-bond donors (Lipinski definition) is 1. The molecule has 4 nitrogen and oxygen atoms in total. The second-order valence-corrected chi connectivity index (χ2v) is 8.48. The van der Waals surface area contributed by atoms with Gasteiger partial charge in [-0.2, -0.15) is 0 Å². The minimum absolute atomic E-state index is 0.0629. The zero-order valence-electron chi connectivity index (χ0n) is 17.9. The van der Waals surface area contributed by atoms with Gasteiger partial charge in [-0.25, -0.2) is 0 Å². The standard InChI is InChI=1S/C24H32N2O2/c1-17(2)19-11-7-9-13-21(19)25-23(28)15-16-26(18(3)27)22-14-10-8-12-20(22)24(4,5)6/h7-14,17H,15-16H2,1-6H3,(H,25,28). The quantitative estimate of drug-likeness (QED) is 0.720. The smallest absolute Gasteiger partial charge is 0.226 e. The van der Waals surface area contributed by atoms with Crippen molar-refractivity contribution in [2.75, 3.05) is 16.8 Å². The minimum Gasteiger partial charge on any atom is -0.326 e. The minimum atomic E-state index is -0.0945. The Kier molecular flexibility index (Phi) is 7.00. The van der Waals surface area contributed by atoms with E-state index in [2.05, 4.69) is 39.9 Å². The predicted octanol–water partition coefficient (Wildman–Crippen LogP) is 5.49. The second kappa shape index (κ2) is 9.05. The lowest BCUT2D eigenvalue weighted by atomic mass is 9.85. The van der Waals surface area contributed by atoms with Gasteiger partial charge in [0, 0.05) is 31.3 Å². The average molecular weight is 381 g/mol. The lowest BCUT2D eigenvalue weighted by Gasteiger charge is -2.29. The van der Waals surface area contributed by atoms with Crippen molar-refractivity contribution in [3.8, 4) is 0 Å². The van der Waals surface area contributed by atoms with Crippen LogP contribution < -0.4 is 10.2 Å². The first kappa shape index (κ1) is 21.7. The van der Waals surface area contributed by atoms with Crippen LogP contribution in [-0.4, -0.2) is 18.4 Å². The monoisotopic (exact) mass is 380 g/mol. The maximum Gasteiger partial charge on any atom is 0.226 e. The molecular formula is C24H32N2O2. The molecule has 2 aromatic rings. The number of hydrogen-bond acceptors (Lipinski definition) is 2. The highest BCUT2D eigenvalue weighted by molar-refractivity contribution is 5.95. The molecule has 4 heteroatoms. The molecule has 0 radical (unpaired) electrons. The van der Waals surface area contributed by atoms with Crippen LogP contribution in [0.15, 0.2) is 48.5 Å². The number of carbonyl (C=O) groups is 2. The molecule has 0 atom stereocenters. The van der Waals surface area contributed by atoms with Crippen molar-refractivity contribution in [2.45, 2.75) is 59.3 Å². The summed E-state index contributed by atoms with van der Waals surface area (Å²) in [5, 5.41) is 3.01. The summed E-state index contributed by atoms with van der Waals surface area (Å²) >= 11 is 0. The van der Waals surface area contributed by atoms with E-state index >= 15 is 0 Å². The summed E-state index contributed by atoms with van der Waals surface area (Å²) in [6.07, 6.45) is 0.241. The molecule has 1 N–H and O–H groups in total. The number of benzene rings is 2. The Morgan fingerprint density at radius 3 is 2.21 bits per heavy atom. The number of anilines is 2. The van der Waals surface area contributed by atoms with E-state index < -0.39 is 0 Å². The van der Waals surface area contributed by atoms with Gasteiger partial charge in [-0.05, 0) is 34.6 Å². The van der Waals surface area contributed by atoms with Crippen molar-refractivity contribution in [3.63, 3.8) is 0 Å². The molecule has 0 fully saturated rings. The van der Waals surface area contributed by atoms with E-state index in [1.807, 2.05) is 48.5 Å². The van der Waals surface area contributed by atoms with Crippen molar-refractivity contribution in [3.05, 3.63) is 59.7 Å². The summed E-state index contributed by atoms with van der Waals surface area (Å²) in [6, 6.07) is 15.8. The Morgan fingerprint density at radius 2 is 1.61 bits per heavy atom. The van der Waals surface area contributed by atoms with Gasteiger partial charge in [0.05, 0.1) is 0 Å². The first-order valence-corrected chi connectivity index (χ1v) is 9.87. The molecule has 150 valence electrons. The Hall–Kier alpha value is -2.62. The Balaban J connectivity index is 2.16. The van der Waals surface area contributed by atoms with Crippen LogP contribution in [-0.2, 0) is 15.0 Å². The summed E-state index contributed by atoms with van der Waals surface area (Å²) in [6.45, 7) is 12.5. The van der Waals surface area contributed by atoms with Gasteiger partial charge >= 0.3 is 0 Å². The third-order valence-corrected chi connectivity index (χ3v) is 4.80. The van der Waals surface area contributed by atoms with Gasteiger partial charge in [0.1, 0.15) is 0 Å². The highest BCUT2D eigenvalue weighted by Crippen LogP contribution is 2.32. The van der Waals surface area contributed by atoms with E-state index in [9.17, 15) is 9.59 Å². The van der Waals surface area contributed by atoms with Crippen LogP contribution in [0.5, 0.6) is 0 Å². The third-order valence-electron chi connectivity index (χ3n) is 4.80. The third kappa shape index (κ3) is 5.44. The zero-order chi connectivity index (χ0) is 20.9. The molecule has 0 aliphatic rings. The summed E-state index contributed by atoms with van der Waals surface area (Å²) < 4.78 is 0. The van der Waals surface area contributed by atoms with Crippen molar-refractivity contribution in [2.24, 2.45) is 0 Å². The van der Waals surface area contributed by atoms with Crippen LogP contribution in [0.2, 0.25) is 0 Å². The average Bonchev–Trinajstić information content (AvgIpc) is 2.61. The van der Waals surface area contributed by atoms with Crippen LogP contribution in [0.1, 0.15) is 65.0 Å². The van der Waals surface area contributed by atoms with E-state index in [0.29, 0.717) is 12.5 Å². The van der Waals surface area contributed by atoms with Crippen LogP contribution >= 0.6 is 0 Å². The first-order valence-electron chi connectivity index (χ1n) is 9.87. The molecule has 0 aliphatic heterocycles. The number of rotatable bonds is 6. The van der Waals surface area contributed by atoms with Crippen molar-refractivity contribution in [1.29, 1.82) is 0 Å². The molecule has 0 saturated carbocycles. The molecule has 2 rings (SSSR count). The van der Waals surface area contributed by atoms with Crippen molar-refractivity contribution >= 4 is 23.2 Å². The van der Waals surface area contributed by atoms with Crippen molar-refractivity contribution < 1.29 is 9.59 Å². The summed E-state index contributed by atoms with van der Waals surface area (Å²) in [5.74, 6) is 0.170. The normalized spacial score (nSPS) is 11.4. The maximum atomic E-state index is 12.6. The van der Waals surface area contributed by atoms with Crippen LogP contribution in [0, 0.1) is 0 Å². The predicted molar refractivity (Wildman–Crippen MR) is 117 cm³/mol. The lowest BCUT2D eigenvalue weighted by molar-refractivity contribution is -0.117. The molecule has 0 spiro atoms. The second-order valence-electron chi connectivity index (χ2n) is 8.48.